The van der Waals surface area contributed by atoms with Gasteiger partial charge in [-0.15, -0.1) is 0 Å². The number of anilines is 2. The molecular weight excluding hydrogens is 388 g/mol. The summed E-state index contributed by atoms with van der Waals surface area (Å²) in [6, 6.07) is 14.3. The van der Waals surface area contributed by atoms with Crippen molar-refractivity contribution < 1.29 is 13.2 Å². The van der Waals surface area contributed by atoms with Gasteiger partial charge in [-0.2, -0.15) is 0 Å². The van der Waals surface area contributed by atoms with Gasteiger partial charge in [-0.3, -0.25) is 9.10 Å². The normalized spacial score (nSPS) is 15.4. The van der Waals surface area contributed by atoms with Gasteiger partial charge in [0.25, 0.3) is 5.91 Å². The van der Waals surface area contributed by atoms with E-state index in [4.69, 9.17) is 0 Å². The van der Waals surface area contributed by atoms with Gasteiger partial charge in [-0.1, -0.05) is 18.2 Å². The molecule has 0 bridgehead atoms. The first kappa shape index (κ1) is 19.2. The van der Waals surface area contributed by atoms with Crippen molar-refractivity contribution in [3.05, 3.63) is 77.9 Å². The summed E-state index contributed by atoms with van der Waals surface area (Å²) in [5.74, 6) is 0.817. The van der Waals surface area contributed by atoms with E-state index in [-0.39, 0.29) is 11.7 Å². The third kappa shape index (κ3) is 4.17. The predicted octanol–water partition coefficient (Wildman–Crippen LogP) is 3.03. The molecule has 0 aliphatic carbocycles. The Morgan fingerprint density at radius 3 is 2.62 bits per heavy atom. The molecule has 7 nitrogen and oxygen atoms in total. The molecule has 1 aliphatic heterocycles. The van der Waals surface area contributed by atoms with Crippen LogP contribution in [0, 0.1) is 6.92 Å². The van der Waals surface area contributed by atoms with E-state index in [1.165, 1.54) is 4.31 Å². The first-order valence-corrected chi connectivity index (χ1v) is 11.0. The Morgan fingerprint density at radius 1 is 1.17 bits per heavy atom. The molecule has 1 N–H and O–H groups in total. The number of nitrogens with zero attached hydrogens (tertiary/aromatic N) is 3. The third-order valence-electron chi connectivity index (χ3n) is 4.98. The number of hydrogen-bond donors (Lipinski definition) is 1. The SMILES string of the molecule is Cc1nccn1Cc1ccc(NC(=O)c2cccc(N3CCCS3(=O)=O)c2)cc1. The van der Waals surface area contributed by atoms with E-state index in [2.05, 4.69) is 10.3 Å². The Hall–Kier alpha value is -3.13. The molecule has 1 aliphatic rings. The number of benzene rings is 2. The van der Waals surface area contributed by atoms with E-state index < -0.39 is 10.0 Å². The second kappa shape index (κ2) is 7.71. The fourth-order valence-corrected chi connectivity index (χ4v) is 4.95. The average Bonchev–Trinajstić information content (AvgIpc) is 3.27. The summed E-state index contributed by atoms with van der Waals surface area (Å²) in [6.45, 7) is 3.12. The quantitative estimate of drug-likeness (QED) is 0.701. The van der Waals surface area contributed by atoms with Crippen LogP contribution in [0.1, 0.15) is 28.2 Å². The minimum Gasteiger partial charge on any atom is -0.331 e. The molecule has 1 amide bonds. The Labute approximate surface area is 170 Å². The van der Waals surface area contributed by atoms with Crippen LogP contribution in [0.3, 0.4) is 0 Å². The van der Waals surface area contributed by atoms with Crippen molar-refractivity contribution in [2.45, 2.75) is 19.9 Å². The van der Waals surface area contributed by atoms with Gasteiger partial charge in [0.1, 0.15) is 5.82 Å². The Kier molecular flexibility index (Phi) is 5.10. The van der Waals surface area contributed by atoms with Gasteiger partial charge in [-0.25, -0.2) is 13.4 Å². The van der Waals surface area contributed by atoms with Crippen LogP contribution in [0.4, 0.5) is 11.4 Å². The zero-order valence-electron chi connectivity index (χ0n) is 16.1. The highest BCUT2D eigenvalue weighted by molar-refractivity contribution is 7.93. The molecule has 150 valence electrons. The van der Waals surface area contributed by atoms with Crippen LogP contribution in [-0.4, -0.2) is 36.2 Å². The summed E-state index contributed by atoms with van der Waals surface area (Å²) in [4.78, 5) is 16.8. The van der Waals surface area contributed by atoms with E-state index in [9.17, 15) is 13.2 Å². The topological polar surface area (TPSA) is 84.3 Å². The van der Waals surface area contributed by atoms with Crippen molar-refractivity contribution in [3.63, 3.8) is 0 Å². The lowest BCUT2D eigenvalue weighted by Crippen LogP contribution is -2.25. The molecular formula is C21H22N4O3S. The maximum Gasteiger partial charge on any atom is 0.255 e. The van der Waals surface area contributed by atoms with E-state index in [1.54, 1.807) is 30.5 Å². The molecule has 0 unspecified atom stereocenters. The molecule has 2 aromatic carbocycles. The van der Waals surface area contributed by atoms with Gasteiger partial charge < -0.3 is 9.88 Å². The van der Waals surface area contributed by atoms with Crippen LogP contribution in [0.2, 0.25) is 0 Å². The van der Waals surface area contributed by atoms with E-state index in [0.29, 0.717) is 36.4 Å². The maximum atomic E-state index is 12.6. The second-order valence-corrected chi connectivity index (χ2v) is 9.06. The minimum atomic E-state index is -3.28. The van der Waals surface area contributed by atoms with E-state index in [1.807, 2.05) is 42.0 Å². The van der Waals surface area contributed by atoms with Crippen LogP contribution in [0.15, 0.2) is 60.9 Å². The third-order valence-corrected chi connectivity index (χ3v) is 6.85. The Bertz CT molecular complexity index is 1140. The zero-order valence-corrected chi connectivity index (χ0v) is 16.9. The number of rotatable bonds is 5. The van der Waals surface area contributed by atoms with Crippen LogP contribution in [0.25, 0.3) is 0 Å². The lowest BCUT2D eigenvalue weighted by atomic mass is 10.1. The van der Waals surface area contributed by atoms with Crippen molar-refractivity contribution in [2.75, 3.05) is 21.9 Å². The molecule has 8 heteroatoms. The van der Waals surface area contributed by atoms with Crippen molar-refractivity contribution in [2.24, 2.45) is 0 Å². The first-order valence-electron chi connectivity index (χ1n) is 9.41. The summed E-state index contributed by atoms with van der Waals surface area (Å²) >= 11 is 0. The average molecular weight is 410 g/mol. The number of sulfonamides is 1. The number of aryl methyl sites for hydroxylation is 1. The minimum absolute atomic E-state index is 0.147. The molecule has 1 fully saturated rings. The molecule has 29 heavy (non-hydrogen) atoms. The first-order chi connectivity index (χ1) is 13.9. The lowest BCUT2D eigenvalue weighted by molar-refractivity contribution is 0.102. The molecule has 0 saturated carbocycles. The summed E-state index contributed by atoms with van der Waals surface area (Å²) in [5.41, 5.74) is 2.73. The zero-order chi connectivity index (χ0) is 20.4. The van der Waals surface area contributed by atoms with Gasteiger partial charge in [0.2, 0.25) is 10.0 Å². The fourth-order valence-electron chi connectivity index (χ4n) is 3.40. The largest absolute Gasteiger partial charge is 0.331 e. The van der Waals surface area contributed by atoms with Crippen LogP contribution in [0.5, 0.6) is 0 Å². The standard InChI is InChI=1S/C21H22N4O3S/c1-16-22-10-12-24(16)15-17-6-8-19(9-7-17)23-21(26)18-4-2-5-20(14-18)25-11-3-13-29(25,27)28/h2,4-10,12,14H,3,11,13,15H2,1H3,(H,23,26). The van der Waals surface area contributed by atoms with Crippen molar-refractivity contribution in [1.82, 2.24) is 9.55 Å². The number of imidazole rings is 1. The monoisotopic (exact) mass is 410 g/mol. The van der Waals surface area contributed by atoms with Crippen LogP contribution >= 0.6 is 0 Å². The summed E-state index contributed by atoms with van der Waals surface area (Å²) in [6.07, 6.45) is 4.30. The van der Waals surface area contributed by atoms with E-state index in [0.717, 1.165) is 11.4 Å². The molecule has 0 radical (unpaired) electrons. The number of nitrogens with one attached hydrogen (secondary N) is 1. The highest BCUT2D eigenvalue weighted by atomic mass is 32.2. The molecule has 3 aromatic rings. The summed E-state index contributed by atoms with van der Waals surface area (Å²) in [7, 11) is -3.28. The summed E-state index contributed by atoms with van der Waals surface area (Å²) < 4.78 is 27.7. The number of aromatic nitrogens is 2. The number of amides is 1. The Balaban J connectivity index is 1.45. The molecule has 1 aromatic heterocycles. The van der Waals surface area contributed by atoms with Crippen LogP contribution < -0.4 is 9.62 Å². The van der Waals surface area contributed by atoms with Gasteiger partial charge >= 0.3 is 0 Å². The van der Waals surface area contributed by atoms with Gasteiger partial charge in [0.15, 0.2) is 0 Å². The van der Waals surface area contributed by atoms with Crippen molar-refractivity contribution >= 4 is 27.3 Å². The highest BCUT2D eigenvalue weighted by Gasteiger charge is 2.28. The highest BCUT2D eigenvalue weighted by Crippen LogP contribution is 2.25. The molecule has 0 atom stereocenters. The van der Waals surface area contributed by atoms with Crippen molar-refractivity contribution in [3.8, 4) is 0 Å². The van der Waals surface area contributed by atoms with Gasteiger partial charge in [-0.05, 0) is 49.2 Å². The molecule has 1 saturated heterocycles. The molecule has 2 heterocycles. The second-order valence-electron chi connectivity index (χ2n) is 7.05. The lowest BCUT2D eigenvalue weighted by Gasteiger charge is -2.17. The van der Waals surface area contributed by atoms with Crippen LogP contribution in [-0.2, 0) is 16.6 Å². The van der Waals surface area contributed by atoms with Crippen molar-refractivity contribution in [1.29, 1.82) is 0 Å². The maximum absolute atomic E-state index is 12.6. The van der Waals surface area contributed by atoms with E-state index >= 15 is 0 Å². The number of hydrogen-bond acceptors (Lipinski definition) is 4. The fraction of sp³-hybridized carbons (Fsp3) is 0.238. The predicted molar refractivity (Wildman–Crippen MR) is 113 cm³/mol. The number of carbonyl (C=O) groups excluding carboxylic acids is 1. The summed E-state index contributed by atoms with van der Waals surface area (Å²) in [5, 5.41) is 2.87. The van der Waals surface area contributed by atoms with Gasteiger partial charge in [0, 0.05) is 36.7 Å². The van der Waals surface area contributed by atoms with Gasteiger partial charge in [0.05, 0.1) is 11.4 Å². The molecule has 0 spiro atoms. The Morgan fingerprint density at radius 2 is 1.97 bits per heavy atom. The number of carbonyl (C=O) groups is 1. The molecule has 4 rings (SSSR count). The smallest absolute Gasteiger partial charge is 0.255 e.